The van der Waals surface area contributed by atoms with E-state index >= 15 is 0 Å². The van der Waals surface area contributed by atoms with Gasteiger partial charge in [0.15, 0.2) is 0 Å². The maximum atomic E-state index is 13.2. The summed E-state index contributed by atoms with van der Waals surface area (Å²) in [6, 6.07) is 0. The number of hydrogen-bond donors (Lipinski definition) is 0. The van der Waals surface area contributed by atoms with E-state index in [4.69, 9.17) is 0 Å². The molecule has 0 N–H and O–H groups in total. The molecule has 175 valence electrons. The third kappa shape index (κ3) is 3.75. The Morgan fingerprint density at radius 3 is 0.931 bits per heavy atom. The lowest BCUT2D eigenvalue weighted by molar-refractivity contribution is -0.462. The summed E-state index contributed by atoms with van der Waals surface area (Å²) in [6.45, 7) is 0. The molecular formula is C10H5F18Si. The molecule has 1 radical (unpaired) electrons. The molecule has 0 bridgehead atoms. The van der Waals surface area contributed by atoms with Crippen molar-refractivity contribution in [2.75, 3.05) is 0 Å². The van der Waals surface area contributed by atoms with Crippen LogP contribution in [0.15, 0.2) is 0 Å². The zero-order valence-corrected chi connectivity index (χ0v) is 14.2. The summed E-state index contributed by atoms with van der Waals surface area (Å²) in [5.74, 6) is -60.0. The van der Waals surface area contributed by atoms with Crippen molar-refractivity contribution in [1.82, 2.24) is 0 Å². The summed E-state index contributed by atoms with van der Waals surface area (Å²) < 4.78 is 230. The fraction of sp³-hybridized carbons (Fsp3) is 1.00. The molecule has 0 aliphatic rings. The van der Waals surface area contributed by atoms with Gasteiger partial charge in [-0.2, -0.15) is 74.6 Å². The van der Waals surface area contributed by atoms with E-state index in [1.807, 2.05) is 0 Å². The highest BCUT2D eigenvalue weighted by molar-refractivity contribution is 6.10. The lowest BCUT2D eigenvalue weighted by Crippen LogP contribution is -2.74. The molecule has 0 fully saturated rings. The maximum Gasteiger partial charge on any atom is 0.460 e. The minimum atomic E-state index is -8.66. The normalized spacial score (nSPS) is 17.5. The molecule has 0 aromatic heterocycles. The van der Waals surface area contributed by atoms with Gasteiger partial charge in [0.2, 0.25) is 0 Å². The summed E-state index contributed by atoms with van der Waals surface area (Å²) in [5, 5.41) is 0. The Kier molecular flexibility index (Phi) is 6.74. The Balaban J connectivity index is 6.65. The molecule has 0 aliphatic carbocycles. The first kappa shape index (κ1) is 28.0. The topological polar surface area (TPSA) is 0 Å². The van der Waals surface area contributed by atoms with Crippen LogP contribution in [0.25, 0.3) is 0 Å². The van der Waals surface area contributed by atoms with E-state index in [-0.39, 0.29) is 10.2 Å². The Labute approximate surface area is 150 Å². The van der Waals surface area contributed by atoms with Crippen LogP contribution in [0.4, 0.5) is 79.0 Å². The number of rotatable bonds is 8. The Hall–Kier alpha value is -1.04. The predicted molar refractivity (Wildman–Crippen MR) is 58.7 cm³/mol. The maximum absolute atomic E-state index is 13.2. The summed E-state index contributed by atoms with van der Waals surface area (Å²) in [5.41, 5.74) is 0. The largest absolute Gasteiger partial charge is 0.460 e. The summed E-state index contributed by atoms with van der Waals surface area (Å²) in [4.78, 5) is 0. The van der Waals surface area contributed by atoms with E-state index in [9.17, 15) is 79.0 Å². The first-order valence-corrected chi connectivity index (χ1v) is 7.17. The van der Waals surface area contributed by atoms with Crippen molar-refractivity contribution >= 4 is 10.2 Å². The van der Waals surface area contributed by atoms with Crippen LogP contribution in [-0.2, 0) is 0 Å². The standard InChI is InChI=1S/C10H5F18Si/c11-2(29)1-3(12,13)4(14,15)5(16,17)6(18,19)7(20,21)8(22,23)9(24,25)10(26,27)28/h2H,1,29H2. The lowest BCUT2D eigenvalue weighted by atomic mass is 9.88. The molecule has 1 atom stereocenters. The molecule has 0 aromatic rings. The van der Waals surface area contributed by atoms with Gasteiger partial charge in [0.25, 0.3) is 0 Å². The average molecular weight is 495 g/mol. The molecule has 0 saturated carbocycles. The molecule has 0 saturated heterocycles. The van der Waals surface area contributed by atoms with Crippen LogP contribution in [-0.4, -0.2) is 63.7 Å². The molecule has 0 aromatic carbocycles. The van der Waals surface area contributed by atoms with Gasteiger partial charge in [0.1, 0.15) is 0 Å². The quantitative estimate of drug-likeness (QED) is 0.316. The van der Waals surface area contributed by atoms with Crippen LogP contribution in [0.5, 0.6) is 0 Å². The van der Waals surface area contributed by atoms with Gasteiger partial charge in [0, 0.05) is 6.42 Å². The smallest absolute Gasteiger partial charge is 0.252 e. The van der Waals surface area contributed by atoms with Gasteiger partial charge in [-0.3, -0.25) is 4.39 Å². The van der Waals surface area contributed by atoms with E-state index < -0.39 is 59.8 Å². The highest BCUT2D eigenvalue weighted by atomic mass is 28.1. The zero-order valence-electron chi connectivity index (χ0n) is 12.8. The molecule has 0 rings (SSSR count). The second kappa shape index (κ2) is 6.99. The minimum Gasteiger partial charge on any atom is -0.252 e. The Morgan fingerprint density at radius 2 is 0.690 bits per heavy atom. The van der Waals surface area contributed by atoms with Crippen molar-refractivity contribution in [3.63, 3.8) is 0 Å². The van der Waals surface area contributed by atoms with Crippen LogP contribution >= 0.6 is 0 Å². The van der Waals surface area contributed by atoms with Crippen molar-refractivity contribution in [3.8, 4) is 0 Å². The highest BCUT2D eigenvalue weighted by Crippen LogP contribution is 2.64. The van der Waals surface area contributed by atoms with Gasteiger partial charge in [-0.1, -0.05) is 0 Å². The summed E-state index contributed by atoms with van der Waals surface area (Å²) >= 11 is 0. The van der Waals surface area contributed by atoms with Gasteiger partial charge in [0.05, 0.1) is 16.0 Å². The Bertz CT molecular complexity index is 586. The van der Waals surface area contributed by atoms with E-state index in [2.05, 4.69) is 0 Å². The third-order valence-electron chi connectivity index (χ3n) is 3.26. The van der Waals surface area contributed by atoms with E-state index in [0.717, 1.165) is 0 Å². The molecule has 1 unspecified atom stereocenters. The van der Waals surface area contributed by atoms with Crippen LogP contribution in [0.3, 0.4) is 0 Å². The molecule has 0 spiro atoms. The van der Waals surface area contributed by atoms with Crippen LogP contribution in [0, 0.1) is 0 Å². The van der Waals surface area contributed by atoms with Gasteiger partial charge in [-0.25, -0.2) is 0 Å². The Morgan fingerprint density at radius 1 is 0.448 bits per heavy atom. The van der Waals surface area contributed by atoms with E-state index in [0.29, 0.717) is 0 Å². The molecule has 0 amide bonds. The minimum absolute atomic E-state index is 0.252. The highest BCUT2D eigenvalue weighted by Gasteiger charge is 2.95. The average Bonchev–Trinajstić information content (AvgIpc) is 2.43. The van der Waals surface area contributed by atoms with Crippen LogP contribution < -0.4 is 0 Å². The molecule has 29 heavy (non-hydrogen) atoms. The van der Waals surface area contributed by atoms with Gasteiger partial charge >= 0.3 is 47.6 Å². The van der Waals surface area contributed by atoms with Crippen LogP contribution in [0.2, 0.25) is 0 Å². The molecular weight excluding hydrogens is 490 g/mol. The lowest BCUT2D eigenvalue weighted by Gasteiger charge is -2.42. The first-order valence-electron chi connectivity index (χ1n) is 6.35. The van der Waals surface area contributed by atoms with Gasteiger partial charge < -0.3 is 0 Å². The zero-order chi connectivity index (χ0) is 24.3. The molecule has 19 heteroatoms. The second-order valence-electron chi connectivity index (χ2n) is 5.45. The van der Waals surface area contributed by atoms with Crippen molar-refractivity contribution < 1.29 is 79.0 Å². The fourth-order valence-corrected chi connectivity index (χ4v) is 1.97. The first-order chi connectivity index (χ1) is 12.2. The summed E-state index contributed by atoms with van der Waals surface area (Å²) in [6.07, 6.45) is -10.8. The van der Waals surface area contributed by atoms with Crippen molar-refractivity contribution in [1.29, 1.82) is 0 Å². The van der Waals surface area contributed by atoms with Crippen molar-refractivity contribution in [3.05, 3.63) is 0 Å². The number of alkyl halides is 18. The SMILES string of the molecule is FC([SiH2])CC(F)(F)C(F)(F)C(F)(F)C(F)(F)C(F)(F)C(F)(F)C(F)(F)C(F)(F)F. The van der Waals surface area contributed by atoms with Gasteiger partial charge in [-0.15, -0.1) is 0 Å². The molecule has 0 heterocycles. The van der Waals surface area contributed by atoms with Crippen molar-refractivity contribution in [2.45, 2.75) is 59.8 Å². The van der Waals surface area contributed by atoms with E-state index in [1.54, 1.807) is 0 Å². The molecule has 0 nitrogen and oxygen atoms in total. The second-order valence-corrected chi connectivity index (χ2v) is 6.34. The predicted octanol–water partition coefficient (Wildman–Crippen LogP) is 5.31. The van der Waals surface area contributed by atoms with Gasteiger partial charge in [-0.05, 0) is 0 Å². The number of halogens is 18. The van der Waals surface area contributed by atoms with E-state index in [1.165, 1.54) is 0 Å². The number of hydrogen-bond acceptors (Lipinski definition) is 0. The summed E-state index contributed by atoms with van der Waals surface area (Å²) in [7, 11) is -0.252. The van der Waals surface area contributed by atoms with Crippen LogP contribution in [0.1, 0.15) is 6.42 Å². The third-order valence-corrected chi connectivity index (χ3v) is 3.55. The molecule has 0 aliphatic heterocycles. The van der Waals surface area contributed by atoms with Crippen molar-refractivity contribution in [2.24, 2.45) is 0 Å². The monoisotopic (exact) mass is 495 g/mol. The fourth-order valence-electron chi connectivity index (χ4n) is 1.60.